The summed E-state index contributed by atoms with van der Waals surface area (Å²) in [5, 5.41) is 3.33. The van der Waals surface area contributed by atoms with Crippen LogP contribution in [0.4, 0.5) is 0 Å². The van der Waals surface area contributed by atoms with E-state index >= 15 is 0 Å². The van der Waals surface area contributed by atoms with E-state index in [-0.39, 0.29) is 0 Å². The topological polar surface area (TPSA) is 12.0 Å². The van der Waals surface area contributed by atoms with Gasteiger partial charge in [-0.2, -0.15) is 0 Å². The van der Waals surface area contributed by atoms with Crippen molar-refractivity contribution >= 4 is 5.57 Å². The number of hydrogen-bond acceptors (Lipinski definition) is 1. The van der Waals surface area contributed by atoms with Crippen molar-refractivity contribution in [2.75, 3.05) is 6.54 Å². The van der Waals surface area contributed by atoms with E-state index in [1.807, 2.05) is 0 Å². The molecule has 0 spiro atoms. The summed E-state index contributed by atoms with van der Waals surface area (Å²) in [5.74, 6) is 0. The molecule has 1 N–H and O–H groups in total. The molecule has 0 unspecified atom stereocenters. The monoisotopic (exact) mass is 159 g/mol. The number of hydrogen-bond donors (Lipinski definition) is 1. The average Bonchev–Trinajstić information content (AvgIpc) is 2.07. The molecule has 0 amide bonds. The summed E-state index contributed by atoms with van der Waals surface area (Å²) in [6.45, 7) is 8.10. The fourth-order valence-corrected chi connectivity index (χ4v) is 1.70. The van der Waals surface area contributed by atoms with Crippen molar-refractivity contribution in [3.8, 4) is 0 Å². The molecular formula is C11H13N. The molecule has 0 bridgehead atoms. The van der Waals surface area contributed by atoms with Crippen LogP contribution >= 0.6 is 0 Å². The predicted molar refractivity (Wildman–Crippen MR) is 51.9 cm³/mol. The molecule has 0 saturated heterocycles. The Bertz CT molecular complexity index is 326. The molecule has 1 heterocycles. The van der Waals surface area contributed by atoms with Gasteiger partial charge in [-0.15, -0.1) is 0 Å². The molecule has 1 aromatic carbocycles. The highest BCUT2D eigenvalue weighted by atomic mass is 14.9. The van der Waals surface area contributed by atoms with Gasteiger partial charge in [0.2, 0.25) is 0 Å². The van der Waals surface area contributed by atoms with Crippen molar-refractivity contribution < 1.29 is 0 Å². The van der Waals surface area contributed by atoms with Crippen molar-refractivity contribution in [3.05, 3.63) is 41.5 Å². The van der Waals surface area contributed by atoms with Crippen LogP contribution in [0.15, 0.2) is 24.8 Å². The molecule has 0 atom stereocenters. The van der Waals surface area contributed by atoms with Crippen molar-refractivity contribution in [2.45, 2.75) is 13.5 Å². The molecule has 1 aliphatic rings. The largest absolute Gasteiger partial charge is 0.309 e. The van der Waals surface area contributed by atoms with Gasteiger partial charge in [-0.25, -0.2) is 0 Å². The van der Waals surface area contributed by atoms with Gasteiger partial charge in [0.15, 0.2) is 0 Å². The predicted octanol–water partition coefficient (Wildman–Crippen LogP) is 2.11. The van der Waals surface area contributed by atoms with Gasteiger partial charge in [0.1, 0.15) is 0 Å². The molecule has 1 aliphatic heterocycles. The lowest BCUT2D eigenvalue weighted by atomic mass is 9.94. The third-order valence-electron chi connectivity index (χ3n) is 2.43. The molecule has 12 heavy (non-hydrogen) atoms. The molecule has 1 heteroatoms. The van der Waals surface area contributed by atoms with E-state index in [2.05, 4.69) is 37.0 Å². The highest BCUT2D eigenvalue weighted by molar-refractivity contribution is 5.70. The van der Waals surface area contributed by atoms with Crippen LogP contribution in [0.2, 0.25) is 0 Å². The third-order valence-corrected chi connectivity index (χ3v) is 2.43. The fraction of sp³-hybridized carbons (Fsp3) is 0.273. The van der Waals surface area contributed by atoms with E-state index in [0.717, 1.165) is 13.1 Å². The maximum Gasteiger partial charge on any atom is 0.0217 e. The Balaban J connectivity index is 2.59. The Kier molecular flexibility index (Phi) is 1.74. The lowest BCUT2D eigenvalue weighted by molar-refractivity contribution is 0.740. The molecule has 0 radical (unpaired) electrons. The first-order valence-corrected chi connectivity index (χ1v) is 4.26. The van der Waals surface area contributed by atoms with Gasteiger partial charge in [0, 0.05) is 13.1 Å². The van der Waals surface area contributed by atoms with Crippen LogP contribution in [0.25, 0.3) is 5.57 Å². The first kappa shape index (κ1) is 7.56. The quantitative estimate of drug-likeness (QED) is 0.611. The molecule has 0 saturated carbocycles. The Hall–Kier alpha value is -1.08. The highest BCUT2D eigenvalue weighted by Gasteiger charge is 2.12. The minimum Gasteiger partial charge on any atom is -0.309 e. The second-order valence-electron chi connectivity index (χ2n) is 3.31. The molecule has 0 aromatic heterocycles. The van der Waals surface area contributed by atoms with E-state index in [4.69, 9.17) is 0 Å². The van der Waals surface area contributed by atoms with Crippen LogP contribution in [0.5, 0.6) is 0 Å². The van der Waals surface area contributed by atoms with E-state index < -0.39 is 0 Å². The second kappa shape index (κ2) is 2.76. The van der Waals surface area contributed by atoms with Crippen molar-refractivity contribution in [1.82, 2.24) is 5.32 Å². The zero-order valence-corrected chi connectivity index (χ0v) is 7.35. The number of benzene rings is 1. The lowest BCUT2D eigenvalue weighted by Crippen LogP contribution is -2.23. The van der Waals surface area contributed by atoms with Gasteiger partial charge in [0.05, 0.1) is 0 Å². The smallest absolute Gasteiger partial charge is 0.0217 e. The Morgan fingerprint density at radius 2 is 2.17 bits per heavy atom. The van der Waals surface area contributed by atoms with Crippen LogP contribution < -0.4 is 5.32 Å². The SMILES string of the molecule is C=C1CNCc2c(C)cccc21. The van der Waals surface area contributed by atoms with Crippen LogP contribution in [0, 0.1) is 6.92 Å². The zero-order chi connectivity index (χ0) is 8.55. The van der Waals surface area contributed by atoms with E-state index in [0.29, 0.717) is 0 Å². The van der Waals surface area contributed by atoms with Gasteiger partial charge in [-0.3, -0.25) is 0 Å². The number of rotatable bonds is 0. The first-order valence-electron chi connectivity index (χ1n) is 4.26. The second-order valence-corrected chi connectivity index (χ2v) is 3.31. The van der Waals surface area contributed by atoms with Crippen LogP contribution in [-0.2, 0) is 6.54 Å². The summed E-state index contributed by atoms with van der Waals surface area (Å²) in [6, 6.07) is 6.41. The number of nitrogens with one attached hydrogen (secondary N) is 1. The standard InChI is InChI=1S/C11H13N/c1-8-4-3-5-10-9(2)6-12-7-11(8)10/h3-5,12H,2,6-7H2,1H3. The van der Waals surface area contributed by atoms with E-state index in [1.54, 1.807) is 0 Å². The Morgan fingerprint density at radius 1 is 1.33 bits per heavy atom. The van der Waals surface area contributed by atoms with Gasteiger partial charge in [0.25, 0.3) is 0 Å². The summed E-state index contributed by atoms with van der Waals surface area (Å²) < 4.78 is 0. The number of aryl methyl sites for hydroxylation is 1. The number of fused-ring (bicyclic) bond motifs is 1. The fourth-order valence-electron chi connectivity index (χ4n) is 1.70. The highest BCUT2D eigenvalue weighted by Crippen LogP contribution is 2.23. The van der Waals surface area contributed by atoms with Gasteiger partial charge < -0.3 is 5.32 Å². The molecule has 0 aliphatic carbocycles. The van der Waals surface area contributed by atoms with E-state index in [1.165, 1.54) is 22.3 Å². The molecule has 62 valence electrons. The molecule has 1 aromatic rings. The van der Waals surface area contributed by atoms with Crippen molar-refractivity contribution in [2.24, 2.45) is 0 Å². The van der Waals surface area contributed by atoms with E-state index in [9.17, 15) is 0 Å². The maximum absolute atomic E-state index is 4.03. The minimum absolute atomic E-state index is 0.927. The minimum atomic E-state index is 0.927. The van der Waals surface area contributed by atoms with Gasteiger partial charge >= 0.3 is 0 Å². The van der Waals surface area contributed by atoms with Crippen molar-refractivity contribution in [3.63, 3.8) is 0 Å². The zero-order valence-electron chi connectivity index (χ0n) is 7.35. The van der Waals surface area contributed by atoms with Gasteiger partial charge in [-0.05, 0) is 29.2 Å². The van der Waals surface area contributed by atoms with Crippen LogP contribution in [-0.4, -0.2) is 6.54 Å². The lowest BCUT2D eigenvalue weighted by Gasteiger charge is -2.20. The summed E-state index contributed by atoms with van der Waals surface area (Å²) in [7, 11) is 0. The summed E-state index contributed by atoms with van der Waals surface area (Å²) in [5.41, 5.74) is 5.32. The molecule has 2 rings (SSSR count). The molecule has 0 fully saturated rings. The summed E-state index contributed by atoms with van der Waals surface area (Å²) in [4.78, 5) is 0. The normalized spacial score (nSPS) is 15.9. The third kappa shape index (κ3) is 1.07. The molecule has 1 nitrogen and oxygen atoms in total. The Morgan fingerprint density at radius 3 is 2.92 bits per heavy atom. The van der Waals surface area contributed by atoms with Crippen molar-refractivity contribution in [1.29, 1.82) is 0 Å². The first-order chi connectivity index (χ1) is 5.79. The van der Waals surface area contributed by atoms with Gasteiger partial charge in [-0.1, -0.05) is 24.8 Å². The average molecular weight is 159 g/mol. The van der Waals surface area contributed by atoms with Crippen LogP contribution in [0.1, 0.15) is 16.7 Å². The summed E-state index contributed by atoms with van der Waals surface area (Å²) in [6.07, 6.45) is 0. The maximum atomic E-state index is 4.03. The Labute approximate surface area is 73.1 Å². The molecular weight excluding hydrogens is 146 g/mol. The van der Waals surface area contributed by atoms with Crippen LogP contribution in [0.3, 0.4) is 0 Å². The summed E-state index contributed by atoms with van der Waals surface area (Å²) >= 11 is 0.